The fourth-order valence-electron chi connectivity index (χ4n) is 2.14. The molecule has 0 heterocycles. The summed E-state index contributed by atoms with van der Waals surface area (Å²) in [6, 6.07) is 5.29. The van der Waals surface area contributed by atoms with Gasteiger partial charge in [-0.15, -0.1) is 23.2 Å². The van der Waals surface area contributed by atoms with Crippen LogP contribution in [-0.2, 0) is 6.42 Å². The summed E-state index contributed by atoms with van der Waals surface area (Å²) in [7, 11) is 0. The van der Waals surface area contributed by atoms with Crippen LogP contribution >= 0.6 is 23.2 Å². The van der Waals surface area contributed by atoms with Gasteiger partial charge in [0.1, 0.15) is 10.1 Å². The summed E-state index contributed by atoms with van der Waals surface area (Å²) in [6.45, 7) is 4.32. The van der Waals surface area contributed by atoms with Gasteiger partial charge in [0.2, 0.25) is 0 Å². The van der Waals surface area contributed by atoms with Crippen LogP contribution in [0.15, 0.2) is 18.2 Å². The van der Waals surface area contributed by atoms with E-state index in [4.69, 9.17) is 33.0 Å². The summed E-state index contributed by atoms with van der Waals surface area (Å²) in [6.07, 6.45) is 0.263. The lowest BCUT2D eigenvalue weighted by Crippen LogP contribution is -2.17. The average Bonchev–Trinajstić information content (AvgIpc) is 2.85. The predicted molar refractivity (Wildman–Crippen MR) is 80.1 cm³/mol. The number of amides is 1. The van der Waals surface area contributed by atoms with Gasteiger partial charge in [0.25, 0.3) is 0 Å². The van der Waals surface area contributed by atoms with Crippen molar-refractivity contribution in [3.8, 4) is 5.75 Å². The largest absolute Gasteiger partial charge is 0.493 e. The molecule has 4 nitrogen and oxygen atoms in total. The molecule has 0 radical (unpaired) electrons. The summed E-state index contributed by atoms with van der Waals surface area (Å²) >= 11 is 12.2. The monoisotopic (exact) mass is 317 g/mol. The Bertz CT molecular complexity index is 533. The number of anilines is 1. The van der Waals surface area contributed by atoms with Crippen molar-refractivity contribution >= 4 is 35.0 Å². The summed E-state index contributed by atoms with van der Waals surface area (Å²) in [5, 5.41) is 11.2. The van der Waals surface area contributed by atoms with Gasteiger partial charge in [0.05, 0.1) is 12.3 Å². The van der Waals surface area contributed by atoms with Crippen molar-refractivity contribution in [2.24, 2.45) is 5.41 Å². The van der Waals surface area contributed by atoms with E-state index in [0.29, 0.717) is 30.9 Å². The second kappa shape index (κ2) is 5.34. The van der Waals surface area contributed by atoms with Gasteiger partial charge in [-0.2, -0.15) is 0 Å². The predicted octanol–water partition coefficient (Wildman–Crippen LogP) is 4.30. The minimum atomic E-state index is -1.09. The van der Waals surface area contributed by atoms with Crippen LogP contribution in [0.25, 0.3) is 0 Å². The fraction of sp³-hybridized carbons (Fsp3) is 0.500. The Hall–Kier alpha value is -1.13. The maximum absolute atomic E-state index is 10.8. The minimum Gasteiger partial charge on any atom is -0.493 e. The van der Waals surface area contributed by atoms with Crippen LogP contribution in [-0.4, -0.2) is 22.1 Å². The van der Waals surface area contributed by atoms with E-state index in [1.165, 1.54) is 0 Å². The number of nitrogens with one attached hydrogen (secondary N) is 1. The first kappa shape index (κ1) is 15.3. The highest BCUT2D eigenvalue weighted by Gasteiger charge is 2.63. The summed E-state index contributed by atoms with van der Waals surface area (Å²) in [5.41, 5.74) is 1.12. The van der Waals surface area contributed by atoms with Crippen molar-refractivity contribution in [3.63, 3.8) is 0 Å². The number of hydrogen-bond acceptors (Lipinski definition) is 2. The van der Waals surface area contributed by atoms with Gasteiger partial charge in [-0.25, -0.2) is 4.79 Å². The molecular formula is C14H17Cl2NO3. The number of ether oxygens (including phenoxy) is 1. The molecule has 0 bridgehead atoms. The van der Waals surface area contributed by atoms with Crippen LogP contribution in [0, 0.1) is 5.41 Å². The molecule has 0 aromatic heterocycles. The summed E-state index contributed by atoms with van der Waals surface area (Å²) in [4.78, 5) is 10.8. The maximum atomic E-state index is 10.8. The fourth-order valence-corrected chi connectivity index (χ4v) is 2.84. The van der Waals surface area contributed by atoms with Crippen LogP contribution in [0.1, 0.15) is 25.8 Å². The molecule has 6 heteroatoms. The quantitative estimate of drug-likeness (QED) is 0.796. The van der Waals surface area contributed by atoms with E-state index < -0.39 is 10.4 Å². The molecule has 1 unspecified atom stereocenters. The Kier molecular flexibility index (Phi) is 4.07. The molecule has 1 saturated carbocycles. The molecule has 0 aliphatic heterocycles. The van der Waals surface area contributed by atoms with Gasteiger partial charge >= 0.3 is 6.09 Å². The zero-order valence-electron chi connectivity index (χ0n) is 11.4. The number of rotatable bonds is 5. The first-order valence-corrected chi connectivity index (χ1v) is 7.17. The van der Waals surface area contributed by atoms with E-state index >= 15 is 0 Å². The van der Waals surface area contributed by atoms with Gasteiger partial charge in [-0.05, 0) is 25.0 Å². The third-order valence-corrected chi connectivity index (χ3v) is 4.82. The van der Waals surface area contributed by atoms with Crippen LogP contribution in [0.2, 0.25) is 0 Å². The lowest BCUT2D eigenvalue weighted by molar-refractivity contribution is 0.209. The number of alkyl halides is 2. The van der Waals surface area contributed by atoms with E-state index in [0.717, 1.165) is 5.56 Å². The third kappa shape index (κ3) is 2.96. The maximum Gasteiger partial charge on any atom is 0.409 e. The van der Waals surface area contributed by atoms with Crippen molar-refractivity contribution in [3.05, 3.63) is 23.8 Å². The lowest BCUT2D eigenvalue weighted by atomic mass is 10.1. The van der Waals surface area contributed by atoms with E-state index in [-0.39, 0.29) is 5.41 Å². The normalized spacial score (nSPS) is 23.2. The van der Waals surface area contributed by atoms with Crippen molar-refractivity contribution in [2.75, 3.05) is 11.9 Å². The minimum absolute atomic E-state index is 0.253. The lowest BCUT2D eigenvalue weighted by Gasteiger charge is -2.17. The van der Waals surface area contributed by atoms with Crippen molar-refractivity contribution < 1.29 is 14.6 Å². The molecule has 2 N–H and O–H groups in total. The van der Waals surface area contributed by atoms with E-state index in [1.807, 2.05) is 19.9 Å². The number of benzene rings is 1. The second-order valence-corrected chi connectivity index (χ2v) is 6.78. The molecule has 110 valence electrons. The average molecular weight is 318 g/mol. The molecule has 1 aliphatic carbocycles. The molecule has 1 atom stereocenters. The zero-order chi connectivity index (χ0) is 15.0. The number of hydrogen-bond donors (Lipinski definition) is 2. The topological polar surface area (TPSA) is 58.6 Å². The highest BCUT2D eigenvalue weighted by molar-refractivity contribution is 6.51. The van der Waals surface area contributed by atoms with Crippen molar-refractivity contribution in [1.29, 1.82) is 0 Å². The highest BCUT2D eigenvalue weighted by Crippen LogP contribution is 2.63. The van der Waals surface area contributed by atoms with E-state index in [9.17, 15) is 4.79 Å². The molecule has 1 fully saturated rings. The molecule has 1 aromatic rings. The Morgan fingerprint density at radius 2 is 2.15 bits per heavy atom. The number of carboxylic acid groups (broad SMARTS) is 1. The van der Waals surface area contributed by atoms with Crippen molar-refractivity contribution in [1.82, 2.24) is 0 Å². The molecule has 20 heavy (non-hydrogen) atoms. The Balaban J connectivity index is 2.13. The van der Waals surface area contributed by atoms with Crippen LogP contribution in [0.4, 0.5) is 10.5 Å². The second-order valence-electron chi connectivity index (χ2n) is 5.30. The first-order valence-electron chi connectivity index (χ1n) is 6.41. The van der Waals surface area contributed by atoms with Gasteiger partial charge in [-0.3, -0.25) is 5.32 Å². The van der Waals surface area contributed by atoms with Gasteiger partial charge < -0.3 is 9.84 Å². The Morgan fingerprint density at radius 3 is 2.65 bits per heavy atom. The molecule has 1 amide bonds. The SMILES string of the molecule is CCc1c(NC(=O)O)cccc1OCC1(C)CC1(Cl)Cl. The number of carbonyl (C=O) groups is 1. The van der Waals surface area contributed by atoms with Gasteiger partial charge in [0.15, 0.2) is 0 Å². The molecule has 1 aliphatic rings. The van der Waals surface area contributed by atoms with Crippen molar-refractivity contribution in [2.45, 2.75) is 31.0 Å². The Morgan fingerprint density at radius 1 is 1.50 bits per heavy atom. The summed E-state index contributed by atoms with van der Waals surface area (Å²) in [5.74, 6) is 0.663. The summed E-state index contributed by atoms with van der Waals surface area (Å²) < 4.78 is 5.09. The standard InChI is InChI=1S/C14H17Cl2NO3/c1-3-9-10(17-12(18)19)5-4-6-11(9)20-8-13(2)7-14(13,15)16/h4-6,17H,3,7-8H2,1-2H3,(H,18,19). The molecule has 0 spiro atoms. The molecule has 1 aromatic carbocycles. The highest BCUT2D eigenvalue weighted by atomic mass is 35.5. The van der Waals surface area contributed by atoms with Crippen LogP contribution < -0.4 is 10.1 Å². The van der Waals surface area contributed by atoms with E-state index in [2.05, 4.69) is 5.32 Å². The van der Waals surface area contributed by atoms with Gasteiger partial charge in [0, 0.05) is 11.0 Å². The molecule has 0 saturated heterocycles. The van der Waals surface area contributed by atoms with E-state index in [1.54, 1.807) is 12.1 Å². The Labute approximate surface area is 128 Å². The third-order valence-electron chi connectivity index (χ3n) is 3.64. The van der Waals surface area contributed by atoms with Crippen LogP contribution in [0.3, 0.4) is 0 Å². The number of halogens is 2. The van der Waals surface area contributed by atoms with Crippen LogP contribution in [0.5, 0.6) is 5.75 Å². The molecule has 2 rings (SSSR count). The van der Waals surface area contributed by atoms with Gasteiger partial charge in [-0.1, -0.05) is 19.9 Å². The zero-order valence-corrected chi connectivity index (χ0v) is 12.9. The molecular weight excluding hydrogens is 301 g/mol. The first-order chi connectivity index (χ1) is 9.29. The smallest absolute Gasteiger partial charge is 0.409 e.